The predicted molar refractivity (Wildman–Crippen MR) is 154 cm³/mol. The average molecular weight is 598 g/mol. The molecular formula is C30H30ClF2N5O4. The Kier molecular flexibility index (Phi) is 7.40. The summed E-state index contributed by atoms with van der Waals surface area (Å²) in [6, 6.07) is 11.2. The lowest BCUT2D eigenvalue weighted by molar-refractivity contribution is -0.118. The van der Waals surface area contributed by atoms with Gasteiger partial charge in [-0.05, 0) is 49.9 Å². The Bertz CT molecular complexity index is 1520. The summed E-state index contributed by atoms with van der Waals surface area (Å²) in [5.74, 6) is -2.77. The third-order valence-corrected chi connectivity index (χ3v) is 8.73. The third-order valence-electron chi connectivity index (χ3n) is 8.47. The van der Waals surface area contributed by atoms with Crippen molar-refractivity contribution in [3.63, 3.8) is 0 Å². The third kappa shape index (κ3) is 4.90. The Morgan fingerprint density at radius 2 is 1.71 bits per heavy atom. The van der Waals surface area contributed by atoms with Crippen molar-refractivity contribution in [2.75, 3.05) is 50.7 Å². The van der Waals surface area contributed by atoms with E-state index < -0.39 is 35.4 Å². The van der Waals surface area contributed by atoms with E-state index >= 15 is 8.78 Å². The van der Waals surface area contributed by atoms with Crippen LogP contribution in [0.15, 0.2) is 48.5 Å². The Hall–Kier alpha value is -3.96. The smallest absolute Gasteiger partial charge is 0.251 e. The number of fused-ring (bicyclic) bond motifs is 2. The quantitative estimate of drug-likeness (QED) is 0.443. The molecule has 3 aromatic rings. The van der Waals surface area contributed by atoms with Crippen LogP contribution in [0.3, 0.4) is 0 Å². The minimum Gasteiger partial charge on any atom is -0.497 e. The van der Waals surface area contributed by atoms with Gasteiger partial charge in [-0.2, -0.15) is 0 Å². The van der Waals surface area contributed by atoms with Crippen molar-refractivity contribution in [2.24, 2.45) is 0 Å². The van der Waals surface area contributed by atoms with Gasteiger partial charge >= 0.3 is 0 Å². The Labute approximate surface area is 247 Å². The number of anilines is 2. The van der Waals surface area contributed by atoms with Crippen LogP contribution in [-0.4, -0.2) is 80.7 Å². The van der Waals surface area contributed by atoms with Crippen molar-refractivity contribution in [3.05, 3.63) is 76.3 Å². The molecule has 3 saturated heterocycles. The maximum absolute atomic E-state index is 15.4. The molecule has 0 spiro atoms. The summed E-state index contributed by atoms with van der Waals surface area (Å²) >= 11 is 5.96. The highest BCUT2D eigenvalue weighted by molar-refractivity contribution is 6.30. The second kappa shape index (κ2) is 11.0. The van der Waals surface area contributed by atoms with E-state index in [9.17, 15) is 9.59 Å². The molecule has 2 amide bonds. The van der Waals surface area contributed by atoms with Gasteiger partial charge in [0.2, 0.25) is 0 Å². The van der Waals surface area contributed by atoms with E-state index in [1.54, 1.807) is 18.2 Å². The van der Waals surface area contributed by atoms with E-state index in [2.05, 4.69) is 22.2 Å². The number of pyridine rings is 1. The molecule has 3 fully saturated rings. The number of nitrogens with zero attached hydrogens (tertiary/aromatic N) is 4. The first-order chi connectivity index (χ1) is 20.2. The first-order valence-electron chi connectivity index (χ1n) is 13.6. The van der Waals surface area contributed by atoms with Gasteiger partial charge < -0.3 is 19.7 Å². The summed E-state index contributed by atoms with van der Waals surface area (Å²) in [5.41, 5.74) is -0.0881. The van der Waals surface area contributed by atoms with Crippen LogP contribution in [0.4, 0.5) is 20.4 Å². The van der Waals surface area contributed by atoms with Crippen LogP contribution in [0.5, 0.6) is 11.5 Å². The van der Waals surface area contributed by atoms with Gasteiger partial charge in [-0.1, -0.05) is 11.6 Å². The van der Waals surface area contributed by atoms with Crippen LogP contribution >= 0.6 is 11.6 Å². The molecule has 3 aliphatic heterocycles. The summed E-state index contributed by atoms with van der Waals surface area (Å²) in [6.07, 6.45) is 1.03. The van der Waals surface area contributed by atoms with Crippen molar-refractivity contribution >= 4 is 35.1 Å². The van der Waals surface area contributed by atoms with Crippen LogP contribution < -0.4 is 24.6 Å². The summed E-state index contributed by atoms with van der Waals surface area (Å²) < 4.78 is 41.4. The van der Waals surface area contributed by atoms with E-state index in [1.807, 2.05) is 6.07 Å². The maximum Gasteiger partial charge on any atom is 0.251 e. The second-order valence-electron chi connectivity index (χ2n) is 10.8. The average Bonchev–Trinajstić information content (AvgIpc) is 3.65. The first-order valence-corrected chi connectivity index (χ1v) is 14.0. The van der Waals surface area contributed by atoms with Crippen molar-refractivity contribution in [1.29, 1.82) is 0 Å². The van der Waals surface area contributed by atoms with E-state index in [0.29, 0.717) is 28.7 Å². The summed E-state index contributed by atoms with van der Waals surface area (Å²) in [5, 5.41) is 3.14. The number of piperazine rings is 1. The number of hydrogen-bond donors (Lipinski definition) is 1. The van der Waals surface area contributed by atoms with Crippen LogP contribution in [0.2, 0.25) is 5.02 Å². The molecule has 4 heterocycles. The molecule has 0 unspecified atom stereocenters. The molecular weight excluding hydrogens is 568 g/mol. The Morgan fingerprint density at radius 1 is 1.00 bits per heavy atom. The normalized spacial score (nSPS) is 23.5. The van der Waals surface area contributed by atoms with E-state index in [0.717, 1.165) is 31.6 Å². The monoisotopic (exact) mass is 597 g/mol. The second-order valence-corrected chi connectivity index (χ2v) is 11.3. The fourth-order valence-electron chi connectivity index (χ4n) is 6.29. The van der Waals surface area contributed by atoms with Crippen LogP contribution in [0, 0.1) is 11.6 Å². The number of amides is 2. The number of methoxy groups -OCH3 is 2. The first kappa shape index (κ1) is 28.2. The van der Waals surface area contributed by atoms with Gasteiger partial charge in [0.1, 0.15) is 29.2 Å². The summed E-state index contributed by atoms with van der Waals surface area (Å²) in [7, 11) is 4.88. The number of aromatic nitrogens is 1. The molecule has 3 aliphatic rings. The number of carbonyl (C=O) groups excluding carboxylic acids is 2. The SMILES string of the molecule is COc1cc(F)c([C@@H]2CN(c3nc(N4C[C@@H]5C[C@H]4CN5C)ccc3OC)C(=O)[C@H]2NC(=O)c2ccc(Cl)cc2)c(F)c1. The van der Waals surface area contributed by atoms with Gasteiger partial charge in [0.05, 0.1) is 14.2 Å². The molecule has 0 aliphatic carbocycles. The number of likely N-dealkylation sites (tertiary alicyclic amines) is 1. The molecule has 4 atom stereocenters. The van der Waals surface area contributed by atoms with Gasteiger partial charge in [-0.3, -0.25) is 19.4 Å². The van der Waals surface area contributed by atoms with E-state index in [-0.39, 0.29) is 29.2 Å². The molecule has 1 aromatic heterocycles. The van der Waals surface area contributed by atoms with Gasteiger partial charge in [0.25, 0.3) is 11.8 Å². The van der Waals surface area contributed by atoms with Crippen LogP contribution in [0.25, 0.3) is 0 Å². The number of rotatable bonds is 7. The van der Waals surface area contributed by atoms with Crippen molar-refractivity contribution in [2.45, 2.75) is 30.5 Å². The van der Waals surface area contributed by atoms with Gasteiger partial charge in [-0.25, -0.2) is 13.8 Å². The number of benzene rings is 2. The van der Waals surface area contributed by atoms with Crippen molar-refractivity contribution in [1.82, 2.24) is 15.2 Å². The molecule has 0 saturated carbocycles. The fraction of sp³-hybridized carbons (Fsp3) is 0.367. The molecule has 6 rings (SSSR count). The molecule has 42 heavy (non-hydrogen) atoms. The number of nitrogens with one attached hydrogen (secondary N) is 1. The Balaban J connectivity index is 1.38. The maximum atomic E-state index is 15.4. The molecule has 0 radical (unpaired) electrons. The lowest BCUT2D eigenvalue weighted by Gasteiger charge is -2.33. The minimum atomic E-state index is -1.29. The van der Waals surface area contributed by atoms with Gasteiger partial charge in [-0.15, -0.1) is 0 Å². The fourth-order valence-corrected chi connectivity index (χ4v) is 6.41. The van der Waals surface area contributed by atoms with Crippen molar-refractivity contribution in [3.8, 4) is 11.5 Å². The molecule has 2 bridgehead atoms. The van der Waals surface area contributed by atoms with Crippen molar-refractivity contribution < 1.29 is 27.8 Å². The van der Waals surface area contributed by atoms with Crippen LogP contribution in [-0.2, 0) is 4.79 Å². The largest absolute Gasteiger partial charge is 0.497 e. The summed E-state index contributed by atoms with van der Waals surface area (Å²) in [6.45, 7) is 1.57. The predicted octanol–water partition coefficient (Wildman–Crippen LogP) is 3.85. The molecule has 9 nitrogen and oxygen atoms in total. The number of hydrogen-bond acceptors (Lipinski definition) is 7. The molecule has 12 heteroatoms. The Morgan fingerprint density at radius 3 is 2.31 bits per heavy atom. The molecule has 220 valence electrons. The highest BCUT2D eigenvalue weighted by atomic mass is 35.5. The molecule has 2 aromatic carbocycles. The standard InChI is InChI=1S/C30H30ClF2N5O4/c1-36-13-19-10-18(36)14-37(19)25-9-8-24(42-3)28(34-25)38-15-21(26-22(32)11-20(41-2)12-23(26)33)27(30(38)40)35-29(39)16-4-6-17(31)7-5-16/h4-9,11-12,18-19,21,27H,10,13-15H2,1-3H3,(H,35,39)/t18-,19-,21-,27-/m0/s1. The topological polar surface area (TPSA) is 87.2 Å². The zero-order valence-electron chi connectivity index (χ0n) is 23.3. The van der Waals surface area contributed by atoms with Crippen LogP contribution in [0.1, 0.15) is 28.3 Å². The zero-order valence-corrected chi connectivity index (χ0v) is 24.1. The number of ether oxygens (including phenoxy) is 2. The zero-order chi connectivity index (χ0) is 29.7. The molecule has 1 N–H and O–H groups in total. The van der Waals surface area contributed by atoms with E-state index in [1.165, 1.54) is 31.3 Å². The lowest BCUT2D eigenvalue weighted by Crippen LogP contribution is -2.45. The number of carbonyl (C=O) groups is 2. The lowest BCUT2D eigenvalue weighted by atomic mass is 9.92. The minimum absolute atomic E-state index is 0.00160. The summed E-state index contributed by atoms with van der Waals surface area (Å²) in [4.78, 5) is 38.0. The highest BCUT2D eigenvalue weighted by Gasteiger charge is 2.47. The van der Waals surface area contributed by atoms with E-state index in [4.69, 9.17) is 26.1 Å². The van der Waals surface area contributed by atoms with Gasteiger partial charge in [0.15, 0.2) is 11.6 Å². The number of halogens is 3. The van der Waals surface area contributed by atoms with Gasteiger partial charge in [0, 0.05) is 65.9 Å². The number of likely N-dealkylation sites (N-methyl/N-ethyl adjacent to an activating group) is 1. The highest BCUT2D eigenvalue weighted by Crippen LogP contribution is 2.41.